The Morgan fingerprint density at radius 3 is 2.86 bits per heavy atom. The van der Waals surface area contributed by atoms with Crippen LogP contribution in [0, 0.1) is 11.3 Å². The van der Waals surface area contributed by atoms with Gasteiger partial charge in [0.1, 0.15) is 29.2 Å². The van der Waals surface area contributed by atoms with Gasteiger partial charge in [-0.15, -0.1) is 0 Å². The summed E-state index contributed by atoms with van der Waals surface area (Å²) in [5.74, 6) is 0.765. The van der Waals surface area contributed by atoms with Crippen LogP contribution < -0.4 is 9.47 Å². The lowest BCUT2D eigenvalue weighted by molar-refractivity contribution is -0.137. The van der Waals surface area contributed by atoms with E-state index in [9.17, 15) is 4.79 Å². The molecule has 0 amide bonds. The molecular weight excluding hydrogens is 282 g/mol. The number of nitrogens with zero attached hydrogens (tertiary/aromatic N) is 1. The van der Waals surface area contributed by atoms with Crippen molar-refractivity contribution in [3.63, 3.8) is 0 Å². The summed E-state index contributed by atoms with van der Waals surface area (Å²) in [5.41, 5.74) is 1.65. The Labute approximate surface area is 130 Å². The summed E-state index contributed by atoms with van der Waals surface area (Å²) in [7, 11) is 0. The third-order valence-electron chi connectivity index (χ3n) is 3.24. The van der Waals surface area contributed by atoms with E-state index in [1.165, 1.54) is 6.08 Å². The van der Waals surface area contributed by atoms with Crippen LogP contribution in [0.4, 0.5) is 0 Å². The largest absolute Gasteiger partial charge is 0.493 e. The van der Waals surface area contributed by atoms with Gasteiger partial charge in [0.15, 0.2) is 0 Å². The smallest absolute Gasteiger partial charge is 0.348 e. The van der Waals surface area contributed by atoms with Crippen molar-refractivity contribution < 1.29 is 19.0 Å². The van der Waals surface area contributed by atoms with Crippen LogP contribution in [0.5, 0.6) is 11.5 Å². The van der Waals surface area contributed by atoms with Crippen molar-refractivity contribution in [2.24, 2.45) is 0 Å². The summed E-state index contributed by atoms with van der Waals surface area (Å²) < 4.78 is 16.2. The molecule has 0 spiro atoms. The minimum Gasteiger partial charge on any atom is -0.493 e. The maximum Gasteiger partial charge on any atom is 0.348 e. The van der Waals surface area contributed by atoms with Crippen LogP contribution in [-0.2, 0) is 16.0 Å². The number of benzene rings is 1. The number of nitriles is 1. The first kappa shape index (κ1) is 15.9. The molecular formula is C17H19NO4. The van der Waals surface area contributed by atoms with Crippen LogP contribution in [0.25, 0.3) is 6.08 Å². The fourth-order valence-corrected chi connectivity index (χ4v) is 2.35. The fraction of sp³-hybridized carbons (Fsp3) is 0.412. The maximum absolute atomic E-state index is 11.7. The Bertz CT molecular complexity index is 643. The Hall–Kier alpha value is -2.48. The van der Waals surface area contributed by atoms with Crippen LogP contribution in [-0.4, -0.2) is 25.3 Å². The summed E-state index contributed by atoms with van der Waals surface area (Å²) in [6, 6.07) is 5.59. The molecule has 0 saturated carbocycles. The molecule has 1 aliphatic rings. The molecule has 1 aliphatic heterocycles. The van der Waals surface area contributed by atoms with Gasteiger partial charge in [-0.1, -0.05) is 0 Å². The number of fused-ring (bicyclic) bond motifs is 1. The zero-order valence-corrected chi connectivity index (χ0v) is 13.0. The summed E-state index contributed by atoms with van der Waals surface area (Å²) >= 11 is 0. The standard InChI is InChI=1S/C17H19NO4/c1-4-20-15-8-12-6-11(3)22-16(12)9-13(15)7-14(10-18)17(19)21-5-2/h7-9,11H,4-6H2,1-3H3/b14-7+/t11-/m0/s1. The molecule has 5 nitrogen and oxygen atoms in total. The van der Waals surface area contributed by atoms with Gasteiger partial charge >= 0.3 is 5.97 Å². The molecule has 0 radical (unpaired) electrons. The molecule has 0 bridgehead atoms. The minimum atomic E-state index is -0.637. The van der Waals surface area contributed by atoms with Crippen molar-refractivity contribution >= 4 is 12.0 Å². The lowest BCUT2D eigenvalue weighted by Gasteiger charge is -2.10. The first-order chi connectivity index (χ1) is 10.6. The van der Waals surface area contributed by atoms with Crippen molar-refractivity contribution in [3.8, 4) is 17.6 Å². The van der Waals surface area contributed by atoms with E-state index in [2.05, 4.69) is 0 Å². The molecule has 1 heterocycles. The van der Waals surface area contributed by atoms with Crippen LogP contribution in [0.3, 0.4) is 0 Å². The Balaban J connectivity index is 2.43. The third kappa shape index (κ3) is 3.40. The normalized spacial score (nSPS) is 16.5. The molecule has 1 atom stereocenters. The van der Waals surface area contributed by atoms with Crippen molar-refractivity contribution in [2.75, 3.05) is 13.2 Å². The minimum absolute atomic E-state index is 0.0613. The number of esters is 1. The second-order valence-corrected chi connectivity index (χ2v) is 4.95. The third-order valence-corrected chi connectivity index (χ3v) is 3.24. The highest BCUT2D eigenvalue weighted by Crippen LogP contribution is 2.36. The quantitative estimate of drug-likeness (QED) is 0.475. The van der Waals surface area contributed by atoms with Crippen molar-refractivity contribution in [1.29, 1.82) is 5.26 Å². The molecule has 0 saturated heterocycles. The molecule has 1 aromatic carbocycles. The van der Waals surface area contributed by atoms with Crippen molar-refractivity contribution in [1.82, 2.24) is 0 Å². The second-order valence-electron chi connectivity index (χ2n) is 4.95. The van der Waals surface area contributed by atoms with Gasteiger partial charge in [-0.3, -0.25) is 0 Å². The molecule has 0 N–H and O–H groups in total. The molecule has 1 aromatic rings. The van der Waals surface area contributed by atoms with E-state index < -0.39 is 5.97 Å². The summed E-state index contributed by atoms with van der Waals surface area (Å²) in [5, 5.41) is 9.15. The molecule has 0 aromatic heterocycles. The van der Waals surface area contributed by atoms with Gasteiger partial charge in [-0.05, 0) is 39.0 Å². The number of carbonyl (C=O) groups is 1. The van der Waals surface area contributed by atoms with Gasteiger partial charge < -0.3 is 14.2 Å². The van der Waals surface area contributed by atoms with Gasteiger partial charge in [0.05, 0.1) is 13.2 Å². The van der Waals surface area contributed by atoms with Crippen LogP contribution in [0.2, 0.25) is 0 Å². The predicted molar refractivity (Wildman–Crippen MR) is 81.6 cm³/mol. The molecule has 0 fully saturated rings. The van der Waals surface area contributed by atoms with Gasteiger partial charge in [0.2, 0.25) is 0 Å². The summed E-state index contributed by atoms with van der Waals surface area (Å²) in [6.07, 6.45) is 2.42. The van der Waals surface area contributed by atoms with E-state index in [1.54, 1.807) is 13.0 Å². The number of hydrogen-bond acceptors (Lipinski definition) is 5. The lowest BCUT2D eigenvalue weighted by atomic mass is 10.0. The molecule has 0 unspecified atom stereocenters. The van der Waals surface area contributed by atoms with Crippen LogP contribution in [0.15, 0.2) is 17.7 Å². The average Bonchev–Trinajstić information content (AvgIpc) is 2.84. The lowest BCUT2D eigenvalue weighted by Crippen LogP contribution is -2.06. The zero-order chi connectivity index (χ0) is 16.1. The van der Waals surface area contributed by atoms with E-state index in [4.69, 9.17) is 19.5 Å². The average molecular weight is 301 g/mol. The second kappa shape index (κ2) is 6.99. The Kier molecular flexibility index (Phi) is 5.05. The van der Waals surface area contributed by atoms with Crippen molar-refractivity contribution in [3.05, 3.63) is 28.8 Å². The molecule has 5 heteroatoms. The first-order valence-corrected chi connectivity index (χ1v) is 7.34. The molecule has 22 heavy (non-hydrogen) atoms. The summed E-state index contributed by atoms with van der Waals surface area (Å²) in [4.78, 5) is 11.7. The highest BCUT2D eigenvalue weighted by molar-refractivity contribution is 5.98. The van der Waals surface area contributed by atoms with Gasteiger partial charge in [-0.25, -0.2) is 4.79 Å². The highest BCUT2D eigenvalue weighted by Gasteiger charge is 2.22. The Morgan fingerprint density at radius 1 is 1.45 bits per heavy atom. The number of ether oxygens (including phenoxy) is 3. The van der Waals surface area contributed by atoms with E-state index in [0.29, 0.717) is 17.9 Å². The molecule has 116 valence electrons. The predicted octanol–water partition coefficient (Wildman–Crippen LogP) is 2.88. The number of rotatable bonds is 5. The van der Waals surface area contributed by atoms with Gasteiger partial charge in [-0.2, -0.15) is 5.26 Å². The number of hydrogen-bond donors (Lipinski definition) is 0. The zero-order valence-electron chi connectivity index (χ0n) is 13.0. The Morgan fingerprint density at radius 2 is 2.23 bits per heavy atom. The number of carbonyl (C=O) groups excluding carboxylic acids is 1. The van der Waals surface area contributed by atoms with E-state index in [0.717, 1.165) is 17.7 Å². The van der Waals surface area contributed by atoms with Crippen LogP contribution in [0.1, 0.15) is 31.9 Å². The van der Waals surface area contributed by atoms with E-state index >= 15 is 0 Å². The van der Waals surface area contributed by atoms with E-state index in [-0.39, 0.29) is 18.3 Å². The fourth-order valence-electron chi connectivity index (χ4n) is 2.35. The van der Waals surface area contributed by atoms with E-state index in [1.807, 2.05) is 26.0 Å². The topological polar surface area (TPSA) is 68.6 Å². The van der Waals surface area contributed by atoms with Gasteiger partial charge in [0, 0.05) is 17.5 Å². The van der Waals surface area contributed by atoms with Crippen LogP contribution >= 0.6 is 0 Å². The summed E-state index contributed by atoms with van der Waals surface area (Å²) in [6.45, 7) is 6.30. The maximum atomic E-state index is 11.7. The first-order valence-electron chi connectivity index (χ1n) is 7.34. The molecule has 2 rings (SSSR count). The van der Waals surface area contributed by atoms with Gasteiger partial charge in [0.25, 0.3) is 0 Å². The monoisotopic (exact) mass is 301 g/mol. The SMILES string of the molecule is CCOC(=O)/C(C#N)=C/c1cc2c(cc1OCC)C[C@H](C)O2. The highest BCUT2D eigenvalue weighted by atomic mass is 16.5. The molecule has 0 aliphatic carbocycles. The van der Waals surface area contributed by atoms with Crippen molar-refractivity contribution in [2.45, 2.75) is 33.3 Å².